The summed E-state index contributed by atoms with van der Waals surface area (Å²) in [5.41, 5.74) is 17.8. The van der Waals surface area contributed by atoms with Crippen LogP contribution >= 0.6 is 70.4 Å². The molecule has 3 aliphatic heterocycles. The Labute approximate surface area is 692 Å². The third-order valence-corrected chi connectivity index (χ3v) is 26.9. The van der Waals surface area contributed by atoms with Gasteiger partial charge in [0.25, 0.3) is 0 Å². The Kier molecular flexibility index (Phi) is 18.8. The standard InChI is InChI=1S/C30H18BrN.C24H22BNO2.C18H10BrN.C12H24B2O4.C12H8BrI/c31-27-13-3-1-9-22(27)21-8-5-7-19(17-21)20-15-16-29-26(18-20)25-12-6-11-24-23-10-2-4-14-28(23)32(29)30(24)25;1-23(2)24(3,4)28-25(27-23)15-12-13-17-19-10-7-9-18-16-8-5-6-11-20(16)26(22(18)19)21(17)14-15;19-11-8-9-13-15-6-3-5-14-12-4-1-2-7-16(12)20(18(14)15)17(13)10-11;1-9(2)10(3,4)16-13(15-9)14-17-11(5,6)12(7,8)18-14;13-12-7-2-1-6-11(12)9-4-3-5-10(14)8-9/h1-18H;5-14H,1-4H3;1-10H;1-8H3;1-8H. The van der Waals surface area contributed by atoms with Gasteiger partial charge in [0, 0.05) is 81.6 Å². The fraction of sp³-hybridized carbons (Fsp3) is 0.188. The molecular formula is C96H82B3Br3IN3O6. The number of hydrogen-bond donors (Lipinski definition) is 0. The zero-order valence-corrected chi connectivity index (χ0v) is 71.5. The van der Waals surface area contributed by atoms with Crippen molar-refractivity contribution >= 4 is 211 Å². The summed E-state index contributed by atoms with van der Waals surface area (Å²) in [6, 6.07) is 99.8. The van der Waals surface area contributed by atoms with E-state index < -0.39 is 14.0 Å². The Balaban J connectivity index is 0.000000101. The van der Waals surface area contributed by atoms with Crippen molar-refractivity contribution < 1.29 is 27.9 Å². The third kappa shape index (κ3) is 12.6. The van der Waals surface area contributed by atoms with Crippen molar-refractivity contribution in [2.24, 2.45) is 0 Å². The molecule has 3 saturated heterocycles. The van der Waals surface area contributed by atoms with Crippen LogP contribution in [0.25, 0.3) is 148 Å². The van der Waals surface area contributed by atoms with E-state index in [2.05, 4.69) is 384 Å². The SMILES string of the molecule is Brc1ccc2c3cccc4c5ccccc5n(c2c1)c43.Brc1ccccc1-c1cccc(-c2ccc3c(c2)c2cccc4c5ccccc5n3c42)c1.Brc1ccccc1-c1cccc(I)c1.CC1(C)OB(B2OC(C)(C)C(C)(C)O2)OC1(C)C.CC1(C)OB(c2ccc3c4cccc5c6ccccc6n(c3c2)c54)OC1(C)C. The summed E-state index contributed by atoms with van der Waals surface area (Å²) in [5, 5.41) is 15.8. The molecule has 112 heavy (non-hydrogen) atoms. The van der Waals surface area contributed by atoms with Crippen LogP contribution < -0.4 is 5.46 Å². The first-order chi connectivity index (χ1) is 53.7. The lowest BCUT2D eigenvalue weighted by Crippen LogP contribution is -2.41. The van der Waals surface area contributed by atoms with Gasteiger partial charge in [0.2, 0.25) is 0 Å². The molecule has 16 heteroatoms. The summed E-state index contributed by atoms with van der Waals surface area (Å²) in [6.07, 6.45) is 0. The average molecular weight is 1770 g/mol. The molecule has 0 atom stereocenters. The molecule has 554 valence electrons. The molecule has 0 bridgehead atoms. The Morgan fingerprint density at radius 2 is 0.589 bits per heavy atom. The minimum atomic E-state index is -0.476. The molecule has 22 rings (SSSR count). The van der Waals surface area contributed by atoms with Crippen LogP contribution in [-0.4, -0.2) is 67.9 Å². The number of para-hydroxylation sites is 6. The van der Waals surface area contributed by atoms with Gasteiger partial charge in [0.1, 0.15) is 0 Å². The van der Waals surface area contributed by atoms with Gasteiger partial charge in [-0.2, -0.15) is 0 Å². The van der Waals surface area contributed by atoms with Crippen LogP contribution in [-0.2, 0) is 27.9 Å². The van der Waals surface area contributed by atoms with Crippen molar-refractivity contribution in [1.29, 1.82) is 0 Å². The maximum atomic E-state index is 6.30. The highest BCUT2D eigenvalue weighted by molar-refractivity contribution is 14.1. The van der Waals surface area contributed by atoms with E-state index in [-0.39, 0.29) is 40.7 Å². The molecule has 0 saturated carbocycles. The van der Waals surface area contributed by atoms with Gasteiger partial charge >= 0.3 is 21.1 Å². The van der Waals surface area contributed by atoms with Crippen LogP contribution in [0.5, 0.6) is 0 Å². The van der Waals surface area contributed by atoms with Gasteiger partial charge in [-0.15, -0.1) is 0 Å². The Morgan fingerprint density at radius 1 is 0.259 bits per heavy atom. The highest BCUT2D eigenvalue weighted by Gasteiger charge is 2.64. The van der Waals surface area contributed by atoms with Gasteiger partial charge in [-0.1, -0.05) is 248 Å². The predicted octanol–water partition coefficient (Wildman–Crippen LogP) is 26.6. The van der Waals surface area contributed by atoms with E-state index in [1.807, 2.05) is 61.5 Å². The monoisotopic (exact) mass is 1770 g/mol. The van der Waals surface area contributed by atoms with E-state index in [9.17, 15) is 0 Å². The fourth-order valence-corrected chi connectivity index (χ4v) is 18.4. The third-order valence-electron chi connectivity index (χ3n) is 24.3. The maximum Gasteiger partial charge on any atom is 0.494 e. The highest BCUT2D eigenvalue weighted by Crippen LogP contribution is 2.47. The molecule has 9 heterocycles. The zero-order chi connectivity index (χ0) is 77.7. The molecule has 9 nitrogen and oxygen atoms in total. The summed E-state index contributed by atoms with van der Waals surface area (Å²) in [4.78, 5) is 0. The summed E-state index contributed by atoms with van der Waals surface area (Å²) in [5.74, 6) is 0. The quantitative estimate of drug-likeness (QED) is 0.126. The van der Waals surface area contributed by atoms with Gasteiger partial charge in [0.05, 0.1) is 83.3 Å². The number of halogens is 4. The van der Waals surface area contributed by atoms with E-state index in [1.54, 1.807) is 0 Å². The molecule has 0 radical (unpaired) electrons. The first-order valence-corrected chi connectivity index (χ1v) is 41.7. The van der Waals surface area contributed by atoms with Gasteiger partial charge < -0.3 is 41.1 Å². The van der Waals surface area contributed by atoms with Gasteiger partial charge in [-0.3, -0.25) is 0 Å². The van der Waals surface area contributed by atoms with Crippen LogP contribution in [0.4, 0.5) is 0 Å². The molecular weight excluding hydrogens is 1690 g/mol. The molecule has 0 unspecified atom stereocenters. The topological polar surface area (TPSA) is 68.6 Å². The minimum Gasteiger partial charge on any atom is -0.405 e. The van der Waals surface area contributed by atoms with Gasteiger partial charge in [-0.05, 0) is 223 Å². The van der Waals surface area contributed by atoms with Crippen LogP contribution in [0.3, 0.4) is 0 Å². The largest absolute Gasteiger partial charge is 0.494 e. The molecule has 0 N–H and O–H groups in total. The predicted molar refractivity (Wildman–Crippen MR) is 490 cm³/mol. The van der Waals surface area contributed by atoms with Gasteiger partial charge in [-0.25, -0.2) is 0 Å². The lowest BCUT2D eigenvalue weighted by Gasteiger charge is -2.32. The second-order valence-electron chi connectivity index (χ2n) is 32.7. The summed E-state index contributed by atoms with van der Waals surface area (Å²) < 4.78 is 48.3. The molecule has 0 aliphatic carbocycles. The smallest absolute Gasteiger partial charge is 0.405 e. The van der Waals surface area contributed by atoms with Crippen molar-refractivity contribution in [2.75, 3.05) is 0 Å². The zero-order valence-electron chi connectivity index (χ0n) is 64.6. The normalized spacial score (nSPS) is 16.7. The van der Waals surface area contributed by atoms with Crippen molar-refractivity contribution in [3.63, 3.8) is 0 Å². The van der Waals surface area contributed by atoms with E-state index in [1.165, 1.54) is 151 Å². The molecule has 0 amide bonds. The number of benzene rings is 13. The molecule has 6 aromatic heterocycles. The molecule has 19 aromatic rings. The number of hydrogen-bond acceptors (Lipinski definition) is 6. The average Bonchev–Trinajstić information content (AvgIpc) is 1.56. The van der Waals surface area contributed by atoms with Crippen LogP contribution in [0.1, 0.15) is 83.1 Å². The highest BCUT2D eigenvalue weighted by atomic mass is 127. The minimum absolute atomic E-state index is 0.340. The number of rotatable bonds is 5. The van der Waals surface area contributed by atoms with Crippen molar-refractivity contribution in [3.8, 4) is 33.4 Å². The second kappa shape index (κ2) is 28.1. The van der Waals surface area contributed by atoms with E-state index in [0.717, 1.165) is 18.9 Å². The number of aromatic nitrogens is 3. The molecule has 3 fully saturated rings. The maximum absolute atomic E-state index is 6.30. The summed E-state index contributed by atoms with van der Waals surface area (Å²) in [7, 11) is -1.30. The van der Waals surface area contributed by atoms with E-state index >= 15 is 0 Å². The first kappa shape index (κ1) is 74.8. The lowest BCUT2D eigenvalue weighted by atomic mass is 9.49. The fourth-order valence-electron chi connectivity index (χ4n) is 16.5. The van der Waals surface area contributed by atoms with E-state index in [4.69, 9.17) is 27.9 Å². The lowest BCUT2D eigenvalue weighted by molar-refractivity contribution is 0.00578. The molecule has 3 aliphatic rings. The molecule has 0 spiro atoms. The second-order valence-corrected chi connectivity index (χ2v) is 36.6. The summed E-state index contributed by atoms with van der Waals surface area (Å²) >= 11 is 13.2. The van der Waals surface area contributed by atoms with Crippen molar-refractivity contribution in [1.82, 2.24) is 13.2 Å². The Hall–Kier alpha value is -8.62. The van der Waals surface area contributed by atoms with Crippen LogP contribution in [0, 0.1) is 3.57 Å². The van der Waals surface area contributed by atoms with Crippen LogP contribution in [0.15, 0.2) is 292 Å². The van der Waals surface area contributed by atoms with Gasteiger partial charge in [0.15, 0.2) is 0 Å². The molecule has 13 aromatic carbocycles. The van der Waals surface area contributed by atoms with Crippen LogP contribution in [0.2, 0.25) is 0 Å². The van der Waals surface area contributed by atoms with E-state index in [0.29, 0.717) is 0 Å². The number of fused-ring (bicyclic) bond motifs is 18. The first-order valence-electron chi connectivity index (χ1n) is 38.3. The number of nitrogens with zero attached hydrogens (tertiary/aromatic N) is 3. The van der Waals surface area contributed by atoms with Crippen molar-refractivity contribution in [2.45, 2.75) is 117 Å². The summed E-state index contributed by atoms with van der Waals surface area (Å²) in [6.45, 7) is 24.6. The van der Waals surface area contributed by atoms with Crippen molar-refractivity contribution in [3.05, 3.63) is 296 Å². The Bertz CT molecular complexity index is 6780. The Morgan fingerprint density at radius 3 is 1.04 bits per heavy atom.